The van der Waals surface area contributed by atoms with Gasteiger partial charge >= 0.3 is 0 Å². The number of benzene rings is 1. The van der Waals surface area contributed by atoms with E-state index < -0.39 is 120 Å². The molecule has 0 saturated carbocycles. The fourth-order valence-corrected chi connectivity index (χ4v) is 8.77. The standard InChI is InChI=1S/C52H85N9O11/c1-31(2)26-39-45(65)53-37(49(69)61-24-20-17-21-25-61)29-42(63)56(11)34(6)47(67)60(15)41(28-36-22-18-16-19-23-36)50(70)59(14)40(27-32(3)4)46(66)55-43(35(7)62)51(71)57(12)33(5)44(64)54-38(48(68)58(39)13)30-72-52(8,9)10/h16,18-19,22-23,31-35,37-41,43,62H,17,20-21,24-30H2,1-15H3,(H,53,65)(H,54,64)(H,55,66)/t33-,34?,35?,37?,38-,39-,40-,41-,43-/m0/s1. The van der Waals surface area contributed by atoms with Crippen LogP contribution in [0.15, 0.2) is 30.3 Å². The number of aliphatic hydroxyl groups excluding tert-OH is 1. The molecule has 0 bridgehead atoms. The molecule has 2 aliphatic rings. The Morgan fingerprint density at radius 3 is 1.67 bits per heavy atom. The van der Waals surface area contributed by atoms with Gasteiger partial charge in [0.15, 0.2) is 0 Å². The van der Waals surface area contributed by atoms with E-state index in [2.05, 4.69) is 16.0 Å². The van der Waals surface area contributed by atoms with E-state index in [4.69, 9.17) is 4.74 Å². The van der Waals surface area contributed by atoms with Crippen molar-refractivity contribution in [2.75, 3.05) is 54.9 Å². The van der Waals surface area contributed by atoms with Gasteiger partial charge in [-0.1, -0.05) is 58.0 Å². The Morgan fingerprint density at radius 2 is 1.15 bits per heavy atom. The number of likely N-dealkylation sites (N-methyl/N-ethyl adjacent to an activating group) is 5. The topological polar surface area (TPSA) is 239 Å². The number of carbonyl (C=O) groups excluding carboxylic acids is 9. The highest BCUT2D eigenvalue weighted by Gasteiger charge is 2.42. The maximum atomic E-state index is 14.9. The van der Waals surface area contributed by atoms with Crippen LogP contribution in [0.1, 0.15) is 113 Å². The number of rotatable bonds is 10. The van der Waals surface area contributed by atoms with E-state index >= 15 is 0 Å². The number of hydrogen-bond donors (Lipinski definition) is 4. The Bertz CT molecular complexity index is 2060. The van der Waals surface area contributed by atoms with Crippen molar-refractivity contribution in [3.05, 3.63) is 35.9 Å². The number of likely N-dealkylation sites (tertiary alicyclic amines) is 1. The van der Waals surface area contributed by atoms with Gasteiger partial charge in [-0.25, -0.2) is 0 Å². The minimum absolute atomic E-state index is 0.0162. The monoisotopic (exact) mass is 1010 g/mol. The summed E-state index contributed by atoms with van der Waals surface area (Å²) in [6.45, 7) is 17.3. The molecule has 2 heterocycles. The summed E-state index contributed by atoms with van der Waals surface area (Å²) in [7, 11) is 6.97. The molecule has 404 valence electrons. The first kappa shape index (κ1) is 60.7. The lowest BCUT2D eigenvalue weighted by Gasteiger charge is -2.38. The molecule has 9 amide bonds. The van der Waals surface area contributed by atoms with Crippen molar-refractivity contribution < 1.29 is 53.0 Å². The SMILES string of the molecule is CC(C)C[C@H]1C(=O)NC(C(=O)N2CCCCC2)CC(=O)N(C)C(C)C(=O)N(C)[C@@H](Cc2ccccc2)C(=O)N(C)[C@@H](CC(C)C)C(=O)N[C@@H](C(C)O)C(=O)N(C)[C@@H](C)C(=O)N[C@@H](COC(C)(C)C)C(=O)N1C. The third kappa shape index (κ3) is 16.7. The van der Waals surface area contributed by atoms with Gasteiger partial charge in [-0.3, -0.25) is 43.2 Å². The number of nitrogens with zero attached hydrogens (tertiary/aromatic N) is 6. The van der Waals surface area contributed by atoms with Crippen LogP contribution in [0.3, 0.4) is 0 Å². The summed E-state index contributed by atoms with van der Waals surface area (Å²) in [5.74, 6) is -6.62. The second-order valence-electron chi connectivity index (χ2n) is 21.5. The fraction of sp³-hybridized carbons (Fsp3) is 0.712. The average Bonchev–Trinajstić information content (AvgIpc) is 3.33. The summed E-state index contributed by atoms with van der Waals surface area (Å²) in [4.78, 5) is 138. The van der Waals surface area contributed by atoms with Crippen LogP contribution < -0.4 is 16.0 Å². The number of amides is 9. The molecule has 1 aromatic carbocycles. The van der Waals surface area contributed by atoms with E-state index in [1.165, 1.54) is 75.6 Å². The van der Waals surface area contributed by atoms with E-state index in [9.17, 15) is 48.3 Å². The number of carbonyl (C=O) groups is 9. The van der Waals surface area contributed by atoms with Gasteiger partial charge in [-0.15, -0.1) is 0 Å². The number of piperidine rings is 1. The van der Waals surface area contributed by atoms with Gasteiger partial charge in [-0.05, 0) is 91.0 Å². The Morgan fingerprint density at radius 1 is 0.639 bits per heavy atom. The zero-order valence-electron chi connectivity index (χ0n) is 45.5. The van der Waals surface area contributed by atoms with Gasteiger partial charge in [0.05, 0.1) is 24.7 Å². The van der Waals surface area contributed by atoms with E-state index in [1.807, 2.05) is 27.7 Å². The zero-order chi connectivity index (χ0) is 54.5. The maximum Gasteiger partial charge on any atom is 0.248 e. The van der Waals surface area contributed by atoms with E-state index in [-0.39, 0.29) is 37.7 Å². The lowest BCUT2D eigenvalue weighted by atomic mass is 9.98. The van der Waals surface area contributed by atoms with Crippen LogP contribution in [0.5, 0.6) is 0 Å². The molecule has 1 aromatic rings. The Hall–Kier alpha value is -5.63. The Kier molecular flexibility index (Phi) is 22.7. The van der Waals surface area contributed by atoms with Crippen molar-refractivity contribution >= 4 is 53.2 Å². The molecule has 0 radical (unpaired) electrons. The number of aliphatic hydroxyl groups is 1. The normalized spacial score (nSPS) is 26.6. The zero-order valence-corrected chi connectivity index (χ0v) is 45.5. The Labute approximate surface area is 427 Å². The minimum Gasteiger partial charge on any atom is -0.391 e. The summed E-state index contributed by atoms with van der Waals surface area (Å²) >= 11 is 0. The third-order valence-corrected chi connectivity index (χ3v) is 13.6. The maximum absolute atomic E-state index is 14.9. The summed E-state index contributed by atoms with van der Waals surface area (Å²) in [5.41, 5.74) is -0.0904. The molecule has 3 rings (SSSR count). The van der Waals surface area contributed by atoms with Gasteiger partial charge in [0, 0.05) is 54.7 Å². The average molecular weight is 1010 g/mol. The lowest BCUT2D eigenvalue weighted by molar-refractivity contribution is -0.152. The predicted octanol–water partition coefficient (Wildman–Crippen LogP) is 1.56. The minimum atomic E-state index is -1.60. The van der Waals surface area contributed by atoms with Crippen LogP contribution in [-0.2, 0) is 54.3 Å². The van der Waals surface area contributed by atoms with Crippen LogP contribution in [0, 0.1) is 11.8 Å². The fourth-order valence-electron chi connectivity index (χ4n) is 8.77. The molecular weight excluding hydrogens is 927 g/mol. The van der Waals surface area contributed by atoms with Crippen molar-refractivity contribution in [3.8, 4) is 0 Å². The molecule has 0 aliphatic carbocycles. The van der Waals surface area contributed by atoms with Crippen LogP contribution in [0.25, 0.3) is 0 Å². The first-order chi connectivity index (χ1) is 33.5. The number of ether oxygens (including phenoxy) is 1. The molecule has 2 fully saturated rings. The van der Waals surface area contributed by atoms with Gasteiger partial charge in [0.1, 0.15) is 48.3 Å². The molecule has 0 aromatic heterocycles. The van der Waals surface area contributed by atoms with Crippen molar-refractivity contribution in [1.82, 2.24) is 45.3 Å². The number of hydrogen-bond acceptors (Lipinski definition) is 11. The molecule has 4 N–H and O–H groups in total. The highest BCUT2D eigenvalue weighted by atomic mass is 16.5. The summed E-state index contributed by atoms with van der Waals surface area (Å²) in [5, 5.41) is 19.2. The second kappa shape index (κ2) is 26.9. The van der Waals surface area contributed by atoms with E-state index in [0.717, 1.165) is 24.2 Å². The van der Waals surface area contributed by atoms with Gasteiger partial charge in [0.25, 0.3) is 0 Å². The molecular formula is C52H85N9O11. The van der Waals surface area contributed by atoms with Crippen molar-refractivity contribution in [2.24, 2.45) is 11.8 Å². The molecule has 0 spiro atoms. The van der Waals surface area contributed by atoms with Crippen LogP contribution in [-0.4, -0.2) is 203 Å². The van der Waals surface area contributed by atoms with Crippen LogP contribution >= 0.6 is 0 Å². The van der Waals surface area contributed by atoms with Crippen LogP contribution in [0.4, 0.5) is 0 Å². The largest absolute Gasteiger partial charge is 0.391 e. The molecule has 3 unspecified atom stereocenters. The molecule has 9 atom stereocenters. The molecule has 72 heavy (non-hydrogen) atoms. The first-order valence-corrected chi connectivity index (χ1v) is 25.4. The smallest absolute Gasteiger partial charge is 0.248 e. The summed E-state index contributed by atoms with van der Waals surface area (Å²) < 4.78 is 6.01. The van der Waals surface area contributed by atoms with Crippen molar-refractivity contribution in [2.45, 2.75) is 174 Å². The van der Waals surface area contributed by atoms with E-state index in [1.54, 1.807) is 56.0 Å². The lowest BCUT2D eigenvalue weighted by Crippen LogP contribution is -2.62. The quantitative estimate of drug-likeness (QED) is 0.263. The molecule has 20 nitrogen and oxygen atoms in total. The summed E-state index contributed by atoms with van der Waals surface area (Å²) in [6, 6.07) is -1.57. The number of nitrogens with one attached hydrogen (secondary N) is 3. The van der Waals surface area contributed by atoms with E-state index in [0.29, 0.717) is 18.7 Å². The summed E-state index contributed by atoms with van der Waals surface area (Å²) in [6.07, 6.45) is 0.558. The highest BCUT2D eigenvalue weighted by Crippen LogP contribution is 2.21. The van der Waals surface area contributed by atoms with Gasteiger partial charge < -0.3 is 55.2 Å². The predicted molar refractivity (Wildman–Crippen MR) is 271 cm³/mol. The van der Waals surface area contributed by atoms with Crippen molar-refractivity contribution in [3.63, 3.8) is 0 Å². The highest BCUT2D eigenvalue weighted by molar-refractivity contribution is 5.99. The molecule has 2 aliphatic heterocycles. The van der Waals surface area contributed by atoms with Crippen molar-refractivity contribution in [1.29, 1.82) is 0 Å². The second-order valence-corrected chi connectivity index (χ2v) is 21.5. The molecule has 20 heteroatoms. The van der Waals surface area contributed by atoms with Gasteiger partial charge in [-0.2, -0.15) is 0 Å². The first-order valence-electron chi connectivity index (χ1n) is 25.4. The molecule has 2 saturated heterocycles. The third-order valence-electron chi connectivity index (χ3n) is 13.6. The van der Waals surface area contributed by atoms with Gasteiger partial charge in [0.2, 0.25) is 53.2 Å². The Balaban J connectivity index is 2.28. The van der Waals surface area contributed by atoms with Crippen LogP contribution in [0.2, 0.25) is 0 Å².